The van der Waals surface area contributed by atoms with Crippen LogP contribution in [0.4, 0.5) is 16.2 Å². The van der Waals surface area contributed by atoms with E-state index in [4.69, 9.17) is 0 Å². The third-order valence-corrected chi connectivity index (χ3v) is 4.88. The average molecular weight is 351 g/mol. The molecule has 1 fully saturated rings. The third kappa shape index (κ3) is 3.72. The van der Waals surface area contributed by atoms with E-state index in [1.165, 1.54) is 5.56 Å². The number of urea groups is 1. The summed E-state index contributed by atoms with van der Waals surface area (Å²) in [5.74, 6) is -0.0560. The summed E-state index contributed by atoms with van der Waals surface area (Å²) in [6.45, 7) is 6.88. The Morgan fingerprint density at radius 1 is 1.08 bits per heavy atom. The number of piperazine rings is 1. The number of hydrogen-bond donors (Lipinski definition) is 1. The van der Waals surface area contributed by atoms with Crippen LogP contribution < -0.4 is 10.2 Å². The first kappa shape index (κ1) is 18.0. The smallest absolute Gasteiger partial charge is 0.311 e. The van der Waals surface area contributed by atoms with Gasteiger partial charge in [0.2, 0.25) is 5.91 Å². The SMILES string of the molecule is CCc1ccc(N2CCN(C(=O)Nc3ccc(C)cc3)C(C)C2=O)cc1. The molecule has 0 aromatic heterocycles. The van der Waals surface area contributed by atoms with Gasteiger partial charge in [-0.1, -0.05) is 36.8 Å². The van der Waals surface area contributed by atoms with Crippen LogP contribution in [-0.4, -0.2) is 36.0 Å². The zero-order chi connectivity index (χ0) is 18.7. The topological polar surface area (TPSA) is 52.6 Å². The molecule has 5 nitrogen and oxygen atoms in total. The third-order valence-electron chi connectivity index (χ3n) is 4.88. The number of benzene rings is 2. The first-order valence-electron chi connectivity index (χ1n) is 9.04. The molecule has 0 aliphatic carbocycles. The molecule has 3 amide bonds. The van der Waals surface area contributed by atoms with E-state index in [-0.39, 0.29) is 11.9 Å². The van der Waals surface area contributed by atoms with Gasteiger partial charge >= 0.3 is 6.03 Å². The van der Waals surface area contributed by atoms with Gasteiger partial charge < -0.3 is 15.1 Å². The molecule has 5 heteroatoms. The minimum absolute atomic E-state index is 0.0560. The molecule has 0 spiro atoms. The molecule has 0 saturated carbocycles. The van der Waals surface area contributed by atoms with Gasteiger partial charge in [-0.15, -0.1) is 0 Å². The maximum Gasteiger partial charge on any atom is 0.322 e. The predicted octanol–water partition coefficient (Wildman–Crippen LogP) is 3.83. The molecule has 0 bridgehead atoms. The Hall–Kier alpha value is -2.82. The van der Waals surface area contributed by atoms with Gasteiger partial charge in [0.1, 0.15) is 6.04 Å². The van der Waals surface area contributed by atoms with Crippen molar-refractivity contribution in [2.75, 3.05) is 23.3 Å². The van der Waals surface area contributed by atoms with Crippen molar-refractivity contribution < 1.29 is 9.59 Å². The lowest BCUT2D eigenvalue weighted by Crippen LogP contribution is -2.58. The Kier molecular flexibility index (Phi) is 5.26. The number of amides is 3. The van der Waals surface area contributed by atoms with E-state index in [9.17, 15) is 9.59 Å². The van der Waals surface area contributed by atoms with Gasteiger partial charge in [-0.05, 0) is 50.1 Å². The Balaban J connectivity index is 1.68. The van der Waals surface area contributed by atoms with Crippen molar-refractivity contribution in [3.63, 3.8) is 0 Å². The van der Waals surface area contributed by atoms with Gasteiger partial charge in [-0.2, -0.15) is 0 Å². The number of rotatable bonds is 3. The number of anilines is 2. The molecule has 2 aromatic carbocycles. The van der Waals surface area contributed by atoms with E-state index in [1.807, 2.05) is 55.5 Å². The summed E-state index contributed by atoms with van der Waals surface area (Å²) in [6.07, 6.45) is 0.970. The Morgan fingerprint density at radius 2 is 1.73 bits per heavy atom. The van der Waals surface area contributed by atoms with Gasteiger partial charge in [-0.3, -0.25) is 4.79 Å². The summed E-state index contributed by atoms with van der Waals surface area (Å²) in [4.78, 5) is 28.7. The summed E-state index contributed by atoms with van der Waals surface area (Å²) in [6, 6.07) is 14.9. The molecule has 136 valence electrons. The summed E-state index contributed by atoms with van der Waals surface area (Å²) >= 11 is 0. The fraction of sp³-hybridized carbons (Fsp3) is 0.333. The molecule has 0 radical (unpaired) electrons. The fourth-order valence-electron chi connectivity index (χ4n) is 3.15. The van der Waals surface area contributed by atoms with Crippen molar-refractivity contribution in [3.8, 4) is 0 Å². The second-order valence-electron chi connectivity index (χ2n) is 6.68. The average Bonchev–Trinajstić information content (AvgIpc) is 2.66. The van der Waals surface area contributed by atoms with Crippen molar-refractivity contribution in [1.82, 2.24) is 4.90 Å². The second kappa shape index (κ2) is 7.60. The first-order chi connectivity index (χ1) is 12.5. The van der Waals surface area contributed by atoms with Crippen LogP contribution in [0.15, 0.2) is 48.5 Å². The highest BCUT2D eigenvalue weighted by atomic mass is 16.2. The molecule has 1 aliphatic heterocycles. The van der Waals surface area contributed by atoms with Crippen LogP contribution in [0, 0.1) is 6.92 Å². The van der Waals surface area contributed by atoms with Gasteiger partial charge in [-0.25, -0.2) is 4.79 Å². The van der Waals surface area contributed by atoms with E-state index in [1.54, 1.807) is 16.7 Å². The number of nitrogens with one attached hydrogen (secondary N) is 1. The minimum atomic E-state index is -0.500. The van der Waals surface area contributed by atoms with Gasteiger partial charge in [0.15, 0.2) is 0 Å². The minimum Gasteiger partial charge on any atom is -0.311 e. The lowest BCUT2D eigenvalue weighted by atomic mass is 10.1. The van der Waals surface area contributed by atoms with Crippen molar-refractivity contribution in [2.24, 2.45) is 0 Å². The number of nitrogens with zero attached hydrogens (tertiary/aromatic N) is 2. The summed E-state index contributed by atoms with van der Waals surface area (Å²) in [5, 5.41) is 2.88. The highest BCUT2D eigenvalue weighted by molar-refractivity contribution is 6.01. The van der Waals surface area contributed by atoms with Gasteiger partial charge in [0, 0.05) is 24.5 Å². The first-order valence-corrected chi connectivity index (χ1v) is 9.04. The Morgan fingerprint density at radius 3 is 2.35 bits per heavy atom. The zero-order valence-electron chi connectivity index (χ0n) is 15.5. The van der Waals surface area contributed by atoms with Crippen LogP contribution in [0.25, 0.3) is 0 Å². The summed E-state index contributed by atoms with van der Waals surface area (Å²) in [7, 11) is 0. The molecule has 26 heavy (non-hydrogen) atoms. The molecule has 1 heterocycles. The Labute approximate surface area is 154 Å². The largest absolute Gasteiger partial charge is 0.322 e. The Bertz CT molecular complexity index is 784. The summed E-state index contributed by atoms with van der Waals surface area (Å²) < 4.78 is 0. The van der Waals surface area contributed by atoms with E-state index < -0.39 is 6.04 Å². The lowest BCUT2D eigenvalue weighted by molar-refractivity contribution is -0.123. The van der Waals surface area contributed by atoms with Gasteiger partial charge in [0.05, 0.1) is 0 Å². The van der Waals surface area contributed by atoms with Crippen molar-refractivity contribution in [3.05, 3.63) is 59.7 Å². The van der Waals surface area contributed by atoms with Gasteiger partial charge in [0.25, 0.3) is 0 Å². The monoisotopic (exact) mass is 351 g/mol. The number of hydrogen-bond acceptors (Lipinski definition) is 2. The van der Waals surface area contributed by atoms with Crippen molar-refractivity contribution in [1.29, 1.82) is 0 Å². The zero-order valence-corrected chi connectivity index (χ0v) is 15.5. The van der Waals surface area contributed by atoms with E-state index in [0.717, 1.165) is 23.4 Å². The van der Waals surface area contributed by atoms with Crippen LogP contribution in [0.3, 0.4) is 0 Å². The highest BCUT2D eigenvalue weighted by Gasteiger charge is 2.35. The molecular weight excluding hydrogens is 326 g/mol. The molecular formula is C21H25N3O2. The number of aryl methyl sites for hydroxylation is 2. The number of carbonyl (C=O) groups is 2. The van der Waals surface area contributed by atoms with E-state index in [2.05, 4.69) is 12.2 Å². The molecule has 1 saturated heterocycles. The van der Waals surface area contributed by atoms with Crippen LogP contribution in [0.1, 0.15) is 25.0 Å². The van der Waals surface area contributed by atoms with Crippen LogP contribution in [0.2, 0.25) is 0 Å². The van der Waals surface area contributed by atoms with Crippen LogP contribution in [0.5, 0.6) is 0 Å². The highest BCUT2D eigenvalue weighted by Crippen LogP contribution is 2.22. The number of carbonyl (C=O) groups excluding carboxylic acids is 2. The van der Waals surface area contributed by atoms with E-state index >= 15 is 0 Å². The van der Waals surface area contributed by atoms with Crippen LogP contribution >= 0.6 is 0 Å². The second-order valence-corrected chi connectivity index (χ2v) is 6.68. The molecule has 3 rings (SSSR count). The molecule has 2 aromatic rings. The quantitative estimate of drug-likeness (QED) is 0.914. The normalized spacial score (nSPS) is 17.3. The molecule has 1 aliphatic rings. The molecule has 1 atom stereocenters. The predicted molar refractivity (Wildman–Crippen MR) is 105 cm³/mol. The molecule has 1 unspecified atom stereocenters. The summed E-state index contributed by atoms with van der Waals surface area (Å²) in [5.41, 5.74) is 4.00. The standard InChI is InChI=1S/C21H25N3O2/c1-4-17-7-11-19(12-8-17)24-14-13-23(16(3)20(24)25)21(26)22-18-9-5-15(2)6-10-18/h5-12,16H,4,13-14H2,1-3H3,(H,22,26). The fourth-order valence-corrected chi connectivity index (χ4v) is 3.15. The maximum atomic E-state index is 12.8. The van der Waals surface area contributed by atoms with Crippen molar-refractivity contribution >= 4 is 23.3 Å². The maximum absolute atomic E-state index is 12.8. The molecule has 1 N–H and O–H groups in total. The lowest BCUT2D eigenvalue weighted by Gasteiger charge is -2.39. The van der Waals surface area contributed by atoms with E-state index in [0.29, 0.717) is 13.1 Å². The van der Waals surface area contributed by atoms with Crippen molar-refractivity contribution in [2.45, 2.75) is 33.2 Å². The van der Waals surface area contributed by atoms with Crippen LogP contribution in [-0.2, 0) is 11.2 Å².